The lowest BCUT2D eigenvalue weighted by Crippen LogP contribution is -2.54. The Labute approximate surface area is 217 Å². The predicted octanol–water partition coefficient (Wildman–Crippen LogP) is 6.69. The average Bonchev–Trinajstić information content (AvgIpc) is 2.96. The van der Waals surface area contributed by atoms with Crippen molar-refractivity contribution in [3.05, 3.63) is 0 Å². The second kappa shape index (κ2) is 11.1. The number of alkyl carbamates (subject to hydrolysis) is 1. The Morgan fingerprint density at radius 1 is 0.971 bits per heavy atom. The molecule has 1 amide bonds. The van der Waals surface area contributed by atoms with Gasteiger partial charge in [-0.25, -0.2) is 4.79 Å². The first kappa shape index (κ1) is 32.6. The fraction of sp³-hybridized carbons (Fsp3) is 0.962. The first-order valence-corrected chi connectivity index (χ1v) is 18.8. The Morgan fingerprint density at radius 2 is 1.49 bits per heavy atom. The van der Waals surface area contributed by atoms with Crippen LogP contribution in [0.5, 0.6) is 0 Å². The van der Waals surface area contributed by atoms with Gasteiger partial charge in [-0.15, -0.1) is 0 Å². The molecule has 0 saturated carbocycles. The molecule has 208 valence electrons. The van der Waals surface area contributed by atoms with E-state index in [1.807, 2.05) is 34.6 Å². The highest BCUT2D eigenvalue weighted by Gasteiger charge is 2.48. The fourth-order valence-corrected chi connectivity index (χ4v) is 5.64. The van der Waals surface area contributed by atoms with Crippen molar-refractivity contribution in [3.8, 4) is 0 Å². The van der Waals surface area contributed by atoms with Crippen LogP contribution >= 0.6 is 0 Å². The molecule has 1 rings (SSSR count). The van der Waals surface area contributed by atoms with Crippen molar-refractivity contribution in [1.82, 2.24) is 5.32 Å². The van der Waals surface area contributed by atoms with Crippen LogP contribution in [-0.2, 0) is 23.1 Å². The van der Waals surface area contributed by atoms with Gasteiger partial charge in [-0.1, -0.05) is 41.5 Å². The van der Waals surface area contributed by atoms with Crippen LogP contribution in [0.3, 0.4) is 0 Å². The average molecular weight is 534 g/mol. The van der Waals surface area contributed by atoms with Gasteiger partial charge in [0.1, 0.15) is 11.7 Å². The molecule has 1 aliphatic heterocycles. The van der Waals surface area contributed by atoms with Gasteiger partial charge >= 0.3 is 6.09 Å². The second-order valence-corrected chi connectivity index (χ2v) is 24.0. The van der Waals surface area contributed by atoms with Crippen molar-refractivity contribution in [2.75, 3.05) is 19.8 Å². The zero-order chi connectivity index (χ0) is 27.7. The lowest BCUT2D eigenvalue weighted by atomic mass is 9.99. The van der Waals surface area contributed by atoms with E-state index < -0.39 is 34.1 Å². The summed E-state index contributed by atoms with van der Waals surface area (Å²) in [5.74, 6) is -0.809. The monoisotopic (exact) mass is 533 g/mol. The molecule has 0 radical (unpaired) electrons. The maximum atomic E-state index is 12.6. The largest absolute Gasteiger partial charge is 0.444 e. The molecule has 0 spiro atoms. The first-order chi connectivity index (χ1) is 15.4. The van der Waals surface area contributed by atoms with Crippen molar-refractivity contribution in [2.24, 2.45) is 5.92 Å². The van der Waals surface area contributed by atoms with E-state index in [4.69, 9.17) is 23.1 Å². The summed E-state index contributed by atoms with van der Waals surface area (Å²) < 4.78 is 31.5. The van der Waals surface area contributed by atoms with Gasteiger partial charge in [0.25, 0.3) is 0 Å². The molecule has 1 N–H and O–H groups in total. The minimum Gasteiger partial charge on any atom is -0.444 e. The van der Waals surface area contributed by atoms with Crippen molar-refractivity contribution < 1.29 is 27.9 Å². The molecule has 35 heavy (non-hydrogen) atoms. The van der Waals surface area contributed by atoms with Crippen molar-refractivity contribution in [3.63, 3.8) is 0 Å². The normalized spacial score (nSPS) is 21.5. The van der Waals surface area contributed by atoms with Crippen LogP contribution in [-0.4, -0.2) is 66.1 Å². The predicted molar refractivity (Wildman–Crippen MR) is 148 cm³/mol. The maximum Gasteiger partial charge on any atom is 0.407 e. The highest BCUT2D eigenvalue weighted by atomic mass is 28.4. The Kier molecular flexibility index (Phi) is 10.3. The molecule has 0 aliphatic carbocycles. The molecule has 9 heteroatoms. The van der Waals surface area contributed by atoms with Crippen LogP contribution in [0.4, 0.5) is 4.79 Å². The highest BCUT2D eigenvalue weighted by Crippen LogP contribution is 2.41. The van der Waals surface area contributed by atoms with E-state index in [1.165, 1.54) is 0 Å². The third-order valence-corrected chi connectivity index (χ3v) is 16.4. The van der Waals surface area contributed by atoms with E-state index >= 15 is 0 Å². The van der Waals surface area contributed by atoms with Crippen LogP contribution in [0.15, 0.2) is 0 Å². The quantitative estimate of drug-likeness (QED) is 0.333. The Morgan fingerprint density at radius 3 is 1.89 bits per heavy atom. The minimum atomic E-state index is -2.17. The van der Waals surface area contributed by atoms with Crippen LogP contribution in [0.2, 0.25) is 36.3 Å². The van der Waals surface area contributed by atoms with Crippen molar-refractivity contribution >= 4 is 22.7 Å². The topological polar surface area (TPSA) is 75.3 Å². The van der Waals surface area contributed by atoms with Crippen molar-refractivity contribution in [2.45, 2.75) is 136 Å². The maximum absolute atomic E-state index is 12.6. The number of carbonyl (C=O) groups is 1. The SMILES string of the molecule is CC(C)(C)OC(=O)NC[C@@H](CO[Si](C)(C)C(C)(C)C)[C@H](O[Si](C)(C)C(C)(C)C)[C@H]1COC(C)(C)O1. The van der Waals surface area contributed by atoms with E-state index in [0.29, 0.717) is 19.8 Å². The second-order valence-electron chi connectivity index (χ2n) is 14.4. The molecule has 7 nitrogen and oxygen atoms in total. The van der Waals surface area contributed by atoms with Gasteiger partial charge in [-0.3, -0.25) is 0 Å². The lowest BCUT2D eigenvalue weighted by Gasteiger charge is -2.44. The molecule has 0 aromatic carbocycles. The van der Waals surface area contributed by atoms with Crippen molar-refractivity contribution in [1.29, 1.82) is 0 Å². The minimum absolute atomic E-state index is 0.0175. The summed E-state index contributed by atoms with van der Waals surface area (Å²) in [5, 5.41) is 3.06. The number of hydrogen-bond donors (Lipinski definition) is 1. The number of nitrogens with one attached hydrogen (secondary N) is 1. The third-order valence-electron chi connectivity index (χ3n) is 7.47. The Balaban J connectivity index is 3.29. The van der Waals surface area contributed by atoms with E-state index in [1.54, 1.807) is 0 Å². The van der Waals surface area contributed by atoms with Gasteiger partial charge < -0.3 is 28.4 Å². The summed E-state index contributed by atoms with van der Waals surface area (Å²) in [5.41, 5.74) is -0.569. The number of carbonyl (C=O) groups excluding carboxylic acids is 1. The van der Waals surface area contributed by atoms with Crippen LogP contribution in [0, 0.1) is 5.92 Å². The van der Waals surface area contributed by atoms with Gasteiger partial charge in [0, 0.05) is 19.1 Å². The lowest BCUT2D eigenvalue weighted by molar-refractivity contribution is -0.154. The molecule has 0 aromatic heterocycles. The molecule has 1 aliphatic rings. The highest BCUT2D eigenvalue weighted by molar-refractivity contribution is 6.74. The first-order valence-electron chi connectivity index (χ1n) is 13.0. The molecule has 1 heterocycles. The zero-order valence-corrected chi connectivity index (χ0v) is 27.3. The molecule has 0 aromatic rings. The van der Waals surface area contributed by atoms with Gasteiger partial charge in [0.05, 0.1) is 12.7 Å². The Bertz CT molecular complexity index is 704. The number of ether oxygens (including phenoxy) is 3. The van der Waals surface area contributed by atoms with Gasteiger partial charge in [0.2, 0.25) is 0 Å². The summed E-state index contributed by atoms with van der Waals surface area (Å²) >= 11 is 0. The van der Waals surface area contributed by atoms with Gasteiger partial charge in [-0.05, 0) is 70.9 Å². The molecule has 0 bridgehead atoms. The Hall–Kier alpha value is -0.456. The molecule has 1 fully saturated rings. The molecular weight excluding hydrogens is 478 g/mol. The number of hydrogen-bond acceptors (Lipinski definition) is 6. The number of amides is 1. The smallest absolute Gasteiger partial charge is 0.407 e. The van der Waals surface area contributed by atoms with Gasteiger partial charge in [0.15, 0.2) is 22.4 Å². The standard InChI is InChI=1S/C26H55NO6Si2/c1-23(2,3)32-22(28)27-16-19(17-30-34(12,13)24(4,5)6)21(20-18-29-26(10,11)31-20)33-35(14,15)25(7,8)9/h19-21H,16-18H2,1-15H3,(H,27,28)/t19-,20+,21-/m0/s1. The van der Waals surface area contributed by atoms with Crippen LogP contribution in [0.1, 0.15) is 76.2 Å². The summed E-state index contributed by atoms with van der Waals surface area (Å²) in [6, 6.07) is 0. The van der Waals surface area contributed by atoms with E-state index in [9.17, 15) is 4.79 Å². The van der Waals surface area contributed by atoms with Crippen LogP contribution in [0.25, 0.3) is 0 Å². The van der Waals surface area contributed by atoms with E-state index in [0.717, 1.165) is 0 Å². The van der Waals surface area contributed by atoms with E-state index in [2.05, 4.69) is 73.0 Å². The zero-order valence-electron chi connectivity index (χ0n) is 25.3. The van der Waals surface area contributed by atoms with Crippen LogP contribution < -0.4 is 5.32 Å². The molecule has 3 atom stereocenters. The fourth-order valence-electron chi connectivity index (χ4n) is 3.20. The third kappa shape index (κ3) is 10.1. The van der Waals surface area contributed by atoms with Gasteiger partial charge in [-0.2, -0.15) is 0 Å². The summed E-state index contributed by atoms with van der Waals surface area (Å²) in [6.07, 6.45) is -0.991. The summed E-state index contributed by atoms with van der Waals surface area (Å²) in [7, 11) is -4.21. The summed E-state index contributed by atoms with van der Waals surface area (Å²) in [4.78, 5) is 12.6. The molecule has 0 unspecified atom stereocenters. The summed E-state index contributed by atoms with van der Waals surface area (Å²) in [6.45, 7) is 33.1. The molecule has 1 saturated heterocycles. The number of rotatable bonds is 9. The van der Waals surface area contributed by atoms with E-state index in [-0.39, 0.29) is 28.2 Å². The molecular formula is C26H55NO6Si2.